The SMILES string of the molecule is COC(=O)c1ccc(C=CCN)cc1Cl. The van der Waals surface area contributed by atoms with E-state index in [2.05, 4.69) is 4.74 Å². The molecule has 0 fully saturated rings. The normalized spacial score (nSPS) is 10.6. The Labute approximate surface area is 93.5 Å². The average molecular weight is 226 g/mol. The number of hydrogen-bond acceptors (Lipinski definition) is 3. The molecule has 0 radical (unpaired) electrons. The summed E-state index contributed by atoms with van der Waals surface area (Å²) in [6.45, 7) is 0.469. The molecule has 0 aliphatic heterocycles. The first-order valence-corrected chi connectivity index (χ1v) is 4.81. The van der Waals surface area contributed by atoms with Crippen molar-refractivity contribution in [2.75, 3.05) is 13.7 Å². The molecule has 0 spiro atoms. The summed E-state index contributed by atoms with van der Waals surface area (Å²) in [4.78, 5) is 11.2. The fourth-order valence-corrected chi connectivity index (χ4v) is 1.38. The van der Waals surface area contributed by atoms with E-state index in [1.165, 1.54) is 7.11 Å². The number of carbonyl (C=O) groups excluding carboxylic acids is 1. The van der Waals surface area contributed by atoms with Gasteiger partial charge in [0.2, 0.25) is 0 Å². The van der Waals surface area contributed by atoms with Crippen LogP contribution in [0.15, 0.2) is 24.3 Å². The van der Waals surface area contributed by atoms with Gasteiger partial charge in [-0.05, 0) is 17.7 Å². The lowest BCUT2D eigenvalue weighted by atomic mass is 10.1. The molecule has 2 N–H and O–H groups in total. The minimum Gasteiger partial charge on any atom is -0.465 e. The van der Waals surface area contributed by atoms with Crippen LogP contribution >= 0.6 is 11.6 Å². The molecule has 15 heavy (non-hydrogen) atoms. The molecule has 0 heterocycles. The van der Waals surface area contributed by atoms with Crippen molar-refractivity contribution in [1.82, 2.24) is 0 Å². The number of hydrogen-bond donors (Lipinski definition) is 1. The number of ether oxygens (including phenoxy) is 1. The molecule has 1 aromatic carbocycles. The Balaban J connectivity index is 2.98. The largest absolute Gasteiger partial charge is 0.465 e. The summed E-state index contributed by atoms with van der Waals surface area (Å²) in [5.74, 6) is -0.436. The van der Waals surface area contributed by atoms with Crippen LogP contribution in [0.3, 0.4) is 0 Å². The van der Waals surface area contributed by atoms with Crippen LogP contribution in [0, 0.1) is 0 Å². The fourth-order valence-electron chi connectivity index (χ4n) is 1.11. The van der Waals surface area contributed by atoms with Gasteiger partial charge in [0.05, 0.1) is 17.7 Å². The molecule has 1 aromatic rings. The van der Waals surface area contributed by atoms with E-state index in [1.54, 1.807) is 18.2 Å². The number of methoxy groups -OCH3 is 1. The Morgan fingerprint density at radius 1 is 1.60 bits per heavy atom. The number of esters is 1. The van der Waals surface area contributed by atoms with Gasteiger partial charge < -0.3 is 10.5 Å². The zero-order valence-electron chi connectivity index (χ0n) is 8.37. The fraction of sp³-hybridized carbons (Fsp3) is 0.182. The van der Waals surface area contributed by atoms with Crippen LogP contribution in [0.25, 0.3) is 6.08 Å². The molecule has 0 atom stereocenters. The lowest BCUT2D eigenvalue weighted by molar-refractivity contribution is 0.0601. The molecule has 0 saturated carbocycles. The second-order valence-corrected chi connectivity index (χ2v) is 3.28. The highest BCUT2D eigenvalue weighted by Crippen LogP contribution is 2.19. The summed E-state index contributed by atoms with van der Waals surface area (Å²) in [7, 11) is 1.32. The van der Waals surface area contributed by atoms with Crippen molar-refractivity contribution in [3.05, 3.63) is 40.4 Å². The Morgan fingerprint density at radius 3 is 2.87 bits per heavy atom. The average Bonchev–Trinajstić information content (AvgIpc) is 2.25. The van der Waals surface area contributed by atoms with Crippen LogP contribution in [-0.2, 0) is 4.74 Å². The number of halogens is 1. The first-order chi connectivity index (χ1) is 7.19. The van der Waals surface area contributed by atoms with Gasteiger partial charge in [-0.2, -0.15) is 0 Å². The molecule has 0 aliphatic rings. The van der Waals surface area contributed by atoms with Crippen molar-refractivity contribution in [3.63, 3.8) is 0 Å². The van der Waals surface area contributed by atoms with Gasteiger partial charge in [0, 0.05) is 6.54 Å². The monoisotopic (exact) mass is 225 g/mol. The number of rotatable bonds is 3. The summed E-state index contributed by atoms with van der Waals surface area (Å²) < 4.78 is 4.58. The first-order valence-electron chi connectivity index (χ1n) is 4.43. The van der Waals surface area contributed by atoms with Crippen LogP contribution in [0.1, 0.15) is 15.9 Å². The van der Waals surface area contributed by atoms with E-state index < -0.39 is 5.97 Å². The number of benzene rings is 1. The van der Waals surface area contributed by atoms with E-state index >= 15 is 0 Å². The van der Waals surface area contributed by atoms with Gasteiger partial charge in [-0.1, -0.05) is 29.8 Å². The summed E-state index contributed by atoms with van der Waals surface area (Å²) in [6, 6.07) is 5.11. The molecule has 0 aromatic heterocycles. The van der Waals surface area contributed by atoms with Gasteiger partial charge in [-0.25, -0.2) is 4.79 Å². The first kappa shape index (κ1) is 11.8. The Hall–Kier alpha value is -1.32. The molecular formula is C11H12ClNO2. The second-order valence-electron chi connectivity index (χ2n) is 2.87. The highest BCUT2D eigenvalue weighted by molar-refractivity contribution is 6.33. The van der Waals surface area contributed by atoms with E-state index in [0.717, 1.165) is 5.56 Å². The molecule has 0 saturated heterocycles. The Kier molecular flexibility index (Phi) is 4.34. The smallest absolute Gasteiger partial charge is 0.339 e. The standard InChI is InChI=1S/C11H12ClNO2/c1-15-11(14)9-5-4-8(3-2-6-13)7-10(9)12/h2-5,7H,6,13H2,1H3. The molecule has 4 heteroatoms. The highest BCUT2D eigenvalue weighted by Gasteiger charge is 2.09. The highest BCUT2D eigenvalue weighted by atomic mass is 35.5. The zero-order chi connectivity index (χ0) is 11.3. The molecule has 1 rings (SSSR count). The Bertz CT molecular complexity index is 388. The maximum Gasteiger partial charge on any atom is 0.339 e. The van der Waals surface area contributed by atoms with E-state index in [-0.39, 0.29) is 0 Å². The molecule has 80 valence electrons. The van der Waals surface area contributed by atoms with Crippen LogP contribution < -0.4 is 5.73 Å². The van der Waals surface area contributed by atoms with Crippen molar-refractivity contribution in [2.45, 2.75) is 0 Å². The lowest BCUT2D eigenvalue weighted by Gasteiger charge is -2.02. The van der Waals surface area contributed by atoms with Gasteiger partial charge >= 0.3 is 5.97 Å². The molecule has 0 bridgehead atoms. The lowest BCUT2D eigenvalue weighted by Crippen LogP contribution is -2.01. The van der Waals surface area contributed by atoms with Gasteiger partial charge in [0.15, 0.2) is 0 Å². The molecular weight excluding hydrogens is 214 g/mol. The van der Waals surface area contributed by atoms with E-state index in [0.29, 0.717) is 17.1 Å². The van der Waals surface area contributed by atoms with Crippen LogP contribution in [0.2, 0.25) is 5.02 Å². The minimum absolute atomic E-state index is 0.365. The third-order valence-corrected chi connectivity index (χ3v) is 2.16. The molecule has 3 nitrogen and oxygen atoms in total. The van der Waals surface area contributed by atoms with Gasteiger partial charge in [-0.15, -0.1) is 0 Å². The maximum atomic E-state index is 11.2. The van der Waals surface area contributed by atoms with Crippen LogP contribution in [-0.4, -0.2) is 19.6 Å². The van der Waals surface area contributed by atoms with E-state index in [1.807, 2.05) is 12.2 Å². The predicted octanol–water partition coefficient (Wildman–Crippen LogP) is 2.10. The van der Waals surface area contributed by atoms with Crippen molar-refractivity contribution >= 4 is 23.6 Å². The Morgan fingerprint density at radius 2 is 2.33 bits per heavy atom. The van der Waals surface area contributed by atoms with E-state index in [9.17, 15) is 4.79 Å². The number of carbonyl (C=O) groups is 1. The molecule has 0 unspecified atom stereocenters. The third kappa shape index (κ3) is 3.08. The van der Waals surface area contributed by atoms with Crippen molar-refractivity contribution in [1.29, 1.82) is 0 Å². The van der Waals surface area contributed by atoms with Crippen molar-refractivity contribution in [2.24, 2.45) is 5.73 Å². The van der Waals surface area contributed by atoms with Crippen LogP contribution in [0.4, 0.5) is 0 Å². The summed E-state index contributed by atoms with van der Waals surface area (Å²) in [6.07, 6.45) is 3.65. The van der Waals surface area contributed by atoms with Gasteiger partial charge in [0.25, 0.3) is 0 Å². The topological polar surface area (TPSA) is 52.3 Å². The van der Waals surface area contributed by atoms with Gasteiger partial charge in [-0.3, -0.25) is 0 Å². The maximum absolute atomic E-state index is 11.2. The second kappa shape index (κ2) is 5.53. The number of nitrogens with two attached hydrogens (primary N) is 1. The van der Waals surface area contributed by atoms with Crippen molar-refractivity contribution < 1.29 is 9.53 Å². The van der Waals surface area contributed by atoms with Gasteiger partial charge in [0.1, 0.15) is 0 Å². The zero-order valence-corrected chi connectivity index (χ0v) is 9.12. The molecule has 0 amide bonds. The summed E-state index contributed by atoms with van der Waals surface area (Å²) in [5, 5.41) is 0.376. The summed E-state index contributed by atoms with van der Waals surface area (Å²) >= 11 is 5.92. The minimum atomic E-state index is -0.436. The predicted molar refractivity (Wildman–Crippen MR) is 60.9 cm³/mol. The van der Waals surface area contributed by atoms with E-state index in [4.69, 9.17) is 17.3 Å². The molecule has 0 aliphatic carbocycles. The van der Waals surface area contributed by atoms with Crippen molar-refractivity contribution in [3.8, 4) is 0 Å². The summed E-state index contributed by atoms with van der Waals surface area (Å²) in [5.41, 5.74) is 6.59. The quantitative estimate of drug-likeness (QED) is 0.802. The third-order valence-electron chi connectivity index (χ3n) is 1.84. The van der Waals surface area contributed by atoms with Crippen LogP contribution in [0.5, 0.6) is 0 Å².